The normalized spacial score (nSPS) is 11.7. The maximum Gasteiger partial charge on any atom is 0.291 e. The van der Waals surface area contributed by atoms with E-state index in [0.717, 1.165) is 17.0 Å². The summed E-state index contributed by atoms with van der Waals surface area (Å²) in [6.07, 6.45) is 0. The summed E-state index contributed by atoms with van der Waals surface area (Å²) in [6.45, 7) is 4.00. The van der Waals surface area contributed by atoms with Crippen molar-refractivity contribution in [2.24, 2.45) is 0 Å². The SMILES string of the molecule is CNS(=O)(=O)Cc1ccc(CNC(=O)c2nc3nc(C)cc(C)n3n2)cc1. The lowest BCUT2D eigenvalue weighted by molar-refractivity contribution is 0.0940. The first-order valence-corrected chi connectivity index (χ1v) is 9.91. The van der Waals surface area contributed by atoms with Gasteiger partial charge in [0, 0.05) is 17.9 Å². The van der Waals surface area contributed by atoms with Gasteiger partial charge in [0.15, 0.2) is 0 Å². The molecule has 0 aliphatic rings. The summed E-state index contributed by atoms with van der Waals surface area (Å²) < 4.78 is 26.9. The number of aromatic nitrogens is 4. The molecule has 0 spiro atoms. The van der Waals surface area contributed by atoms with Crippen LogP contribution in [0.4, 0.5) is 0 Å². The minimum absolute atomic E-state index is 0.0490. The zero-order valence-corrected chi connectivity index (χ0v) is 16.0. The smallest absolute Gasteiger partial charge is 0.291 e. The van der Waals surface area contributed by atoms with Gasteiger partial charge < -0.3 is 5.32 Å². The molecule has 2 aromatic heterocycles. The van der Waals surface area contributed by atoms with Crippen LogP contribution in [-0.2, 0) is 22.3 Å². The van der Waals surface area contributed by atoms with Gasteiger partial charge in [-0.1, -0.05) is 24.3 Å². The van der Waals surface area contributed by atoms with E-state index >= 15 is 0 Å². The predicted molar refractivity (Wildman–Crippen MR) is 99.6 cm³/mol. The second-order valence-electron chi connectivity index (χ2n) is 6.15. The lowest BCUT2D eigenvalue weighted by Crippen LogP contribution is -2.24. The average molecular weight is 388 g/mol. The first kappa shape index (κ1) is 18.9. The van der Waals surface area contributed by atoms with Gasteiger partial charge in [-0.05, 0) is 38.1 Å². The van der Waals surface area contributed by atoms with E-state index in [-0.39, 0.29) is 18.1 Å². The zero-order valence-electron chi connectivity index (χ0n) is 15.2. The molecular weight excluding hydrogens is 368 g/mol. The van der Waals surface area contributed by atoms with Gasteiger partial charge in [0.25, 0.3) is 11.7 Å². The fraction of sp³-hybridized carbons (Fsp3) is 0.294. The Kier molecular flexibility index (Phi) is 5.19. The van der Waals surface area contributed by atoms with Gasteiger partial charge in [-0.15, -0.1) is 5.10 Å². The van der Waals surface area contributed by atoms with Crippen LogP contribution in [0, 0.1) is 13.8 Å². The van der Waals surface area contributed by atoms with Gasteiger partial charge in [0.1, 0.15) is 0 Å². The Morgan fingerprint density at radius 3 is 2.44 bits per heavy atom. The summed E-state index contributed by atoms with van der Waals surface area (Å²) >= 11 is 0. The van der Waals surface area contributed by atoms with E-state index in [1.807, 2.05) is 19.9 Å². The Morgan fingerprint density at radius 2 is 1.78 bits per heavy atom. The van der Waals surface area contributed by atoms with E-state index in [1.165, 1.54) is 11.6 Å². The van der Waals surface area contributed by atoms with Crippen LogP contribution in [-0.4, -0.2) is 41.0 Å². The number of aryl methyl sites for hydroxylation is 2. The lowest BCUT2D eigenvalue weighted by Gasteiger charge is -2.06. The molecule has 0 radical (unpaired) electrons. The summed E-state index contributed by atoms with van der Waals surface area (Å²) in [5.74, 6) is -0.0624. The monoisotopic (exact) mass is 388 g/mol. The average Bonchev–Trinajstić information content (AvgIpc) is 3.05. The van der Waals surface area contributed by atoms with Crippen molar-refractivity contribution in [1.82, 2.24) is 29.6 Å². The van der Waals surface area contributed by atoms with Gasteiger partial charge in [0.2, 0.25) is 15.8 Å². The van der Waals surface area contributed by atoms with Crippen molar-refractivity contribution in [1.29, 1.82) is 0 Å². The first-order valence-electron chi connectivity index (χ1n) is 8.25. The Bertz CT molecular complexity index is 1090. The maximum atomic E-state index is 12.3. The highest BCUT2D eigenvalue weighted by Gasteiger charge is 2.15. The fourth-order valence-electron chi connectivity index (χ4n) is 2.57. The highest BCUT2D eigenvalue weighted by atomic mass is 32.2. The van der Waals surface area contributed by atoms with Crippen LogP contribution < -0.4 is 10.0 Å². The molecule has 1 amide bonds. The number of fused-ring (bicyclic) bond motifs is 1. The van der Waals surface area contributed by atoms with Crippen molar-refractivity contribution in [3.05, 3.63) is 58.7 Å². The highest BCUT2D eigenvalue weighted by molar-refractivity contribution is 7.88. The van der Waals surface area contributed by atoms with Crippen LogP contribution in [0.15, 0.2) is 30.3 Å². The molecule has 0 atom stereocenters. The molecule has 27 heavy (non-hydrogen) atoms. The standard InChI is InChI=1S/C17H20N6O3S/c1-11-8-12(2)23-17(20-11)21-15(22-23)16(24)19-9-13-4-6-14(7-5-13)10-27(25,26)18-3/h4-8,18H,9-10H2,1-3H3,(H,19,24). The second-order valence-corrected chi connectivity index (χ2v) is 8.07. The number of benzene rings is 1. The summed E-state index contributed by atoms with van der Waals surface area (Å²) in [7, 11) is -1.93. The Balaban J connectivity index is 1.66. The molecule has 0 saturated carbocycles. The van der Waals surface area contributed by atoms with E-state index in [9.17, 15) is 13.2 Å². The molecule has 2 N–H and O–H groups in total. The molecule has 2 heterocycles. The number of carbonyl (C=O) groups excluding carboxylic acids is 1. The van der Waals surface area contributed by atoms with Crippen molar-refractivity contribution < 1.29 is 13.2 Å². The molecule has 142 valence electrons. The summed E-state index contributed by atoms with van der Waals surface area (Å²) in [6, 6.07) is 8.84. The molecule has 0 aliphatic heterocycles. The van der Waals surface area contributed by atoms with Gasteiger partial charge in [-0.2, -0.15) is 4.98 Å². The third kappa shape index (κ3) is 4.47. The van der Waals surface area contributed by atoms with Gasteiger partial charge in [-0.25, -0.2) is 22.6 Å². The van der Waals surface area contributed by atoms with E-state index in [0.29, 0.717) is 11.3 Å². The molecule has 3 aromatic rings. The third-order valence-corrected chi connectivity index (χ3v) is 5.30. The molecular formula is C17H20N6O3S. The van der Waals surface area contributed by atoms with Crippen molar-refractivity contribution in [2.75, 3.05) is 7.05 Å². The summed E-state index contributed by atoms with van der Waals surface area (Å²) in [5, 5.41) is 6.94. The Morgan fingerprint density at radius 1 is 1.11 bits per heavy atom. The van der Waals surface area contributed by atoms with Crippen LogP contribution in [0.5, 0.6) is 0 Å². The third-order valence-electron chi connectivity index (χ3n) is 3.97. The highest BCUT2D eigenvalue weighted by Crippen LogP contribution is 2.09. The summed E-state index contributed by atoms with van der Waals surface area (Å²) in [5.41, 5.74) is 3.15. The van der Waals surface area contributed by atoms with Crippen molar-refractivity contribution >= 4 is 21.7 Å². The van der Waals surface area contributed by atoms with Crippen LogP contribution in [0.2, 0.25) is 0 Å². The molecule has 0 bridgehead atoms. The minimum Gasteiger partial charge on any atom is -0.345 e. The van der Waals surface area contributed by atoms with Crippen LogP contribution in [0.1, 0.15) is 33.1 Å². The molecule has 1 aromatic carbocycles. The van der Waals surface area contributed by atoms with Crippen LogP contribution >= 0.6 is 0 Å². The minimum atomic E-state index is -3.31. The molecule has 0 unspecified atom stereocenters. The van der Waals surface area contributed by atoms with Gasteiger partial charge in [0.05, 0.1) is 5.75 Å². The van der Waals surface area contributed by atoms with E-state index in [1.54, 1.807) is 24.3 Å². The quantitative estimate of drug-likeness (QED) is 0.642. The molecule has 0 saturated heterocycles. The van der Waals surface area contributed by atoms with Crippen molar-refractivity contribution in [2.45, 2.75) is 26.1 Å². The van der Waals surface area contributed by atoms with Crippen LogP contribution in [0.25, 0.3) is 5.78 Å². The maximum absolute atomic E-state index is 12.3. The number of hydrogen-bond donors (Lipinski definition) is 2. The molecule has 0 fully saturated rings. The zero-order chi connectivity index (χ0) is 19.6. The van der Waals surface area contributed by atoms with Crippen molar-refractivity contribution in [3.63, 3.8) is 0 Å². The second kappa shape index (κ2) is 7.41. The molecule has 3 rings (SSSR count). The van der Waals surface area contributed by atoms with E-state index in [4.69, 9.17) is 0 Å². The number of nitrogens with one attached hydrogen (secondary N) is 2. The van der Waals surface area contributed by atoms with Gasteiger partial charge in [-0.3, -0.25) is 4.79 Å². The lowest BCUT2D eigenvalue weighted by atomic mass is 10.1. The molecule has 0 aliphatic carbocycles. The number of nitrogens with zero attached hydrogens (tertiary/aromatic N) is 4. The predicted octanol–water partition coefficient (Wildman–Crippen LogP) is 0.720. The van der Waals surface area contributed by atoms with E-state index in [2.05, 4.69) is 25.1 Å². The molecule has 9 nitrogen and oxygen atoms in total. The molecule has 10 heteroatoms. The number of sulfonamides is 1. The number of carbonyl (C=O) groups is 1. The van der Waals surface area contributed by atoms with Crippen LogP contribution in [0.3, 0.4) is 0 Å². The van der Waals surface area contributed by atoms with E-state index < -0.39 is 15.9 Å². The fourth-order valence-corrected chi connectivity index (χ4v) is 3.34. The number of rotatable bonds is 6. The van der Waals surface area contributed by atoms with Crippen molar-refractivity contribution in [3.8, 4) is 0 Å². The number of hydrogen-bond acceptors (Lipinski definition) is 6. The number of amides is 1. The summed E-state index contributed by atoms with van der Waals surface area (Å²) in [4.78, 5) is 20.7. The largest absolute Gasteiger partial charge is 0.345 e. The Labute approximate surface area is 156 Å². The Hall–Kier alpha value is -2.85. The first-order chi connectivity index (χ1) is 12.8. The topological polar surface area (TPSA) is 118 Å². The van der Waals surface area contributed by atoms with Gasteiger partial charge >= 0.3 is 0 Å².